The zero-order valence-corrected chi connectivity index (χ0v) is 12.0. The Morgan fingerprint density at radius 1 is 1.33 bits per heavy atom. The zero-order chi connectivity index (χ0) is 13.1. The van der Waals surface area contributed by atoms with Gasteiger partial charge in [0, 0.05) is 20.8 Å². The maximum absolute atomic E-state index is 6.23. The highest BCUT2D eigenvalue weighted by Gasteiger charge is 2.12. The fourth-order valence-corrected chi connectivity index (χ4v) is 2.97. The first-order chi connectivity index (χ1) is 8.60. The van der Waals surface area contributed by atoms with Gasteiger partial charge in [-0.2, -0.15) is 0 Å². The number of halogens is 1. The van der Waals surface area contributed by atoms with E-state index in [1.807, 2.05) is 18.2 Å². The molecule has 1 unspecified atom stereocenters. The lowest BCUT2D eigenvalue weighted by Gasteiger charge is -2.13. The van der Waals surface area contributed by atoms with Crippen LogP contribution in [0, 0.1) is 6.92 Å². The van der Waals surface area contributed by atoms with Gasteiger partial charge in [-0.15, -0.1) is 11.3 Å². The van der Waals surface area contributed by atoms with Crippen molar-refractivity contribution in [2.24, 2.45) is 5.73 Å². The summed E-state index contributed by atoms with van der Waals surface area (Å²) in [6.45, 7) is 2.08. The van der Waals surface area contributed by atoms with Crippen LogP contribution in [0.5, 0.6) is 5.75 Å². The molecule has 18 heavy (non-hydrogen) atoms. The zero-order valence-electron chi connectivity index (χ0n) is 10.4. The number of hydrogen-bond donors (Lipinski definition) is 1. The molecular formula is C14H16ClNOS. The molecule has 4 heteroatoms. The van der Waals surface area contributed by atoms with Crippen LogP contribution in [-0.2, 0) is 6.42 Å². The molecule has 0 amide bonds. The largest absolute Gasteiger partial charge is 0.496 e. The molecule has 0 aliphatic carbocycles. The maximum atomic E-state index is 6.23. The van der Waals surface area contributed by atoms with Crippen molar-refractivity contribution in [2.45, 2.75) is 19.4 Å². The van der Waals surface area contributed by atoms with Crippen LogP contribution in [0.4, 0.5) is 0 Å². The molecule has 0 saturated heterocycles. The molecule has 0 bridgehead atoms. The minimum Gasteiger partial charge on any atom is -0.496 e. The van der Waals surface area contributed by atoms with Gasteiger partial charge in [-0.3, -0.25) is 0 Å². The van der Waals surface area contributed by atoms with E-state index in [-0.39, 0.29) is 6.04 Å². The van der Waals surface area contributed by atoms with Gasteiger partial charge < -0.3 is 10.5 Å². The molecule has 2 N–H and O–H groups in total. The van der Waals surface area contributed by atoms with Crippen molar-refractivity contribution in [3.05, 3.63) is 50.7 Å². The van der Waals surface area contributed by atoms with Gasteiger partial charge in [0.05, 0.1) is 7.11 Å². The summed E-state index contributed by atoms with van der Waals surface area (Å²) in [6, 6.07) is 9.78. The normalized spacial score (nSPS) is 12.4. The number of ether oxygens (including phenoxy) is 1. The standard InChI is InChI=1S/C14H16ClNOS/c1-9-3-6-14(18-9)12(16)8-10-7-11(15)4-5-13(10)17-2/h3-7,12H,8,16H2,1-2H3. The lowest BCUT2D eigenvalue weighted by molar-refractivity contribution is 0.408. The molecule has 0 spiro atoms. The molecule has 2 rings (SSSR count). The highest BCUT2D eigenvalue weighted by Crippen LogP contribution is 2.29. The summed E-state index contributed by atoms with van der Waals surface area (Å²) in [5.74, 6) is 0.836. The van der Waals surface area contributed by atoms with Crippen LogP contribution in [0.2, 0.25) is 5.02 Å². The number of methoxy groups -OCH3 is 1. The third kappa shape index (κ3) is 3.05. The third-order valence-electron chi connectivity index (χ3n) is 2.81. The third-order valence-corrected chi connectivity index (χ3v) is 4.18. The first kappa shape index (κ1) is 13.4. The second-order valence-electron chi connectivity index (χ2n) is 4.22. The van der Waals surface area contributed by atoms with E-state index in [0.717, 1.165) is 17.7 Å². The molecule has 1 atom stereocenters. The van der Waals surface area contributed by atoms with Gasteiger partial charge in [-0.05, 0) is 49.2 Å². The van der Waals surface area contributed by atoms with E-state index in [4.69, 9.17) is 22.1 Å². The summed E-state index contributed by atoms with van der Waals surface area (Å²) < 4.78 is 5.33. The van der Waals surface area contributed by atoms with Crippen LogP contribution in [0.15, 0.2) is 30.3 Å². The van der Waals surface area contributed by atoms with E-state index in [1.54, 1.807) is 18.4 Å². The lowest BCUT2D eigenvalue weighted by atomic mass is 10.0. The second kappa shape index (κ2) is 5.74. The van der Waals surface area contributed by atoms with E-state index < -0.39 is 0 Å². The number of nitrogens with two attached hydrogens (primary N) is 1. The minimum absolute atomic E-state index is 0.0175. The lowest BCUT2D eigenvalue weighted by Crippen LogP contribution is -2.12. The van der Waals surface area contributed by atoms with E-state index in [9.17, 15) is 0 Å². The molecule has 96 valence electrons. The van der Waals surface area contributed by atoms with Crippen LogP contribution < -0.4 is 10.5 Å². The highest BCUT2D eigenvalue weighted by atomic mass is 35.5. The Kier molecular flexibility index (Phi) is 4.27. The number of thiophene rings is 1. The van der Waals surface area contributed by atoms with Crippen molar-refractivity contribution in [2.75, 3.05) is 7.11 Å². The number of aryl methyl sites for hydroxylation is 1. The molecule has 2 nitrogen and oxygen atoms in total. The molecule has 2 aromatic rings. The molecule has 0 saturated carbocycles. The average molecular weight is 282 g/mol. The van der Waals surface area contributed by atoms with E-state index in [1.165, 1.54) is 9.75 Å². The summed E-state index contributed by atoms with van der Waals surface area (Å²) in [5.41, 5.74) is 7.27. The van der Waals surface area contributed by atoms with Crippen LogP contribution in [-0.4, -0.2) is 7.11 Å². The van der Waals surface area contributed by atoms with Gasteiger partial charge in [0.2, 0.25) is 0 Å². The maximum Gasteiger partial charge on any atom is 0.122 e. The topological polar surface area (TPSA) is 35.2 Å². The summed E-state index contributed by atoms with van der Waals surface area (Å²) in [6.07, 6.45) is 0.726. The monoisotopic (exact) mass is 281 g/mol. The predicted octanol–water partition coefficient (Wildman–Crippen LogP) is 3.96. The van der Waals surface area contributed by atoms with Gasteiger partial charge in [0.1, 0.15) is 5.75 Å². The van der Waals surface area contributed by atoms with Crippen molar-refractivity contribution < 1.29 is 4.74 Å². The van der Waals surface area contributed by atoms with Crippen LogP contribution in [0.1, 0.15) is 21.4 Å². The summed E-state index contributed by atoms with van der Waals surface area (Å²) in [5, 5.41) is 0.709. The van der Waals surface area contributed by atoms with Crippen LogP contribution >= 0.6 is 22.9 Å². The Labute approximate surface area is 116 Å². The van der Waals surface area contributed by atoms with Gasteiger partial charge in [0.25, 0.3) is 0 Å². The molecule has 0 aliphatic heterocycles. The summed E-state index contributed by atoms with van der Waals surface area (Å²) >= 11 is 7.75. The van der Waals surface area contributed by atoms with Crippen LogP contribution in [0.25, 0.3) is 0 Å². The Balaban J connectivity index is 2.20. The number of benzene rings is 1. The fourth-order valence-electron chi connectivity index (χ4n) is 1.90. The van der Waals surface area contributed by atoms with Crippen molar-refractivity contribution in [3.8, 4) is 5.75 Å². The van der Waals surface area contributed by atoms with Gasteiger partial charge in [-0.25, -0.2) is 0 Å². The van der Waals surface area contributed by atoms with Gasteiger partial charge in [-0.1, -0.05) is 11.6 Å². The SMILES string of the molecule is COc1ccc(Cl)cc1CC(N)c1ccc(C)s1. The first-order valence-corrected chi connectivity index (χ1v) is 6.94. The van der Waals surface area contributed by atoms with Crippen molar-refractivity contribution >= 4 is 22.9 Å². The predicted molar refractivity (Wildman–Crippen MR) is 77.7 cm³/mol. The quantitative estimate of drug-likeness (QED) is 0.921. The molecule has 1 aromatic carbocycles. The van der Waals surface area contributed by atoms with Crippen molar-refractivity contribution in [1.82, 2.24) is 0 Å². The smallest absolute Gasteiger partial charge is 0.122 e. The van der Waals surface area contributed by atoms with Crippen molar-refractivity contribution in [1.29, 1.82) is 0 Å². The van der Waals surface area contributed by atoms with E-state index in [0.29, 0.717) is 5.02 Å². The number of rotatable bonds is 4. The fraction of sp³-hybridized carbons (Fsp3) is 0.286. The number of hydrogen-bond acceptors (Lipinski definition) is 3. The molecular weight excluding hydrogens is 266 g/mol. The Bertz CT molecular complexity index is 538. The summed E-state index contributed by atoms with van der Waals surface area (Å²) in [4.78, 5) is 2.47. The average Bonchev–Trinajstić information content (AvgIpc) is 2.76. The molecule has 1 heterocycles. The minimum atomic E-state index is -0.0175. The second-order valence-corrected chi connectivity index (χ2v) is 5.97. The van der Waals surface area contributed by atoms with Gasteiger partial charge in [0.15, 0.2) is 0 Å². The summed E-state index contributed by atoms with van der Waals surface area (Å²) in [7, 11) is 1.66. The van der Waals surface area contributed by atoms with E-state index >= 15 is 0 Å². The molecule has 1 aromatic heterocycles. The van der Waals surface area contributed by atoms with Gasteiger partial charge >= 0.3 is 0 Å². The Morgan fingerprint density at radius 3 is 2.72 bits per heavy atom. The first-order valence-electron chi connectivity index (χ1n) is 5.74. The van der Waals surface area contributed by atoms with E-state index in [2.05, 4.69) is 19.1 Å². The highest BCUT2D eigenvalue weighted by molar-refractivity contribution is 7.12. The molecule has 0 radical (unpaired) electrons. The molecule has 0 aliphatic rings. The Morgan fingerprint density at radius 2 is 2.11 bits per heavy atom. The van der Waals surface area contributed by atoms with Crippen molar-refractivity contribution in [3.63, 3.8) is 0 Å². The van der Waals surface area contributed by atoms with Crippen LogP contribution in [0.3, 0.4) is 0 Å². The molecule has 0 fully saturated rings. The Hall–Kier alpha value is -1.03.